The molecule has 4 rings (SSSR count). The van der Waals surface area contributed by atoms with E-state index in [9.17, 15) is 9.90 Å². The summed E-state index contributed by atoms with van der Waals surface area (Å²) in [5.41, 5.74) is 1.26. The Labute approximate surface area is 151 Å². The smallest absolute Gasteiger partial charge is 0.232 e. The van der Waals surface area contributed by atoms with Gasteiger partial charge in [-0.2, -0.15) is 0 Å². The highest BCUT2D eigenvalue weighted by Gasteiger charge is 2.32. The van der Waals surface area contributed by atoms with Crippen LogP contribution in [0.1, 0.15) is 47.0 Å². The molecule has 0 bridgehead atoms. The van der Waals surface area contributed by atoms with Crippen molar-refractivity contribution in [2.45, 2.75) is 38.8 Å². The van der Waals surface area contributed by atoms with Crippen LogP contribution in [0, 0.1) is 0 Å². The van der Waals surface area contributed by atoms with Crippen LogP contribution >= 0.6 is 11.3 Å². The zero-order valence-corrected chi connectivity index (χ0v) is 15.0. The Morgan fingerprint density at radius 3 is 3.00 bits per heavy atom. The molecule has 4 nitrogen and oxygen atoms in total. The number of Topliss-reactive ketones (excluding diaryl/α,β-unsaturated/α-hetero) is 1. The van der Waals surface area contributed by atoms with E-state index in [0.717, 1.165) is 11.4 Å². The van der Waals surface area contributed by atoms with Crippen LogP contribution in [0.15, 0.2) is 35.4 Å². The largest absolute Gasteiger partial charge is 0.507 e. The van der Waals surface area contributed by atoms with E-state index in [2.05, 4.69) is 11.8 Å². The second kappa shape index (κ2) is 6.65. The van der Waals surface area contributed by atoms with Gasteiger partial charge in [-0.05, 0) is 49.9 Å². The predicted molar refractivity (Wildman–Crippen MR) is 99.1 cm³/mol. The van der Waals surface area contributed by atoms with Crippen molar-refractivity contribution in [2.24, 2.45) is 0 Å². The lowest BCUT2D eigenvalue weighted by atomic mass is 10.0. The first kappa shape index (κ1) is 16.4. The van der Waals surface area contributed by atoms with E-state index in [1.54, 1.807) is 29.5 Å². The average molecular weight is 355 g/mol. The van der Waals surface area contributed by atoms with Gasteiger partial charge in [-0.25, -0.2) is 0 Å². The molecule has 3 heterocycles. The summed E-state index contributed by atoms with van der Waals surface area (Å²) in [6.07, 6.45) is 5.36. The van der Waals surface area contributed by atoms with E-state index in [0.29, 0.717) is 35.2 Å². The molecule has 1 saturated heterocycles. The van der Waals surface area contributed by atoms with Crippen LogP contribution in [0.5, 0.6) is 11.5 Å². The quantitative estimate of drug-likeness (QED) is 0.827. The number of likely N-dealkylation sites (tertiary alicyclic amines) is 1. The van der Waals surface area contributed by atoms with E-state index in [4.69, 9.17) is 4.74 Å². The van der Waals surface area contributed by atoms with Crippen LogP contribution in [-0.4, -0.2) is 28.4 Å². The Morgan fingerprint density at radius 2 is 2.24 bits per heavy atom. The zero-order valence-electron chi connectivity index (χ0n) is 14.2. The Kier molecular flexibility index (Phi) is 4.36. The number of hydrogen-bond acceptors (Lipinski definition) is 5. The minimum absolute atomic E-state index is 0.114. The number of fused-ring (bicyclic) bond motifs is 1. The number of rotatable bonds is 3. The molecule has 1 aromatic carbocycles. The molecule has 2 aliphatic heterocycles. The van der Waals surface area contributed by atoms with Gasteiger partial charge < -0.3 is 9.84 Å². The fourth-order valence-corrected chi connectivity index (χ4v) is 4.19. The van der Waals surface area contributed by atoms with E-state index < -0.39 is 0 Å². The fourth-order valence-electron chi connectivity index (χ4n) is 3.55. The molecule has 0 unspecified atom stereocenters. The number of carbonyl (C=O) groups excluding carboxylic acids is 1. The summed E-state index contributed by atoms with van der Waals surface area (Å²) in [5.74, 6) is 0.930. The molecule has 1 fully saturated rings. The third-order valence-corrected chi connectivity index (χ3v) is 5.85. The molecule has 0 saturated carbocycles. The minimum atomic E-state index is -0.114. The van der Waals surface area contributed by atoms with E-state index in [1.165, 1.54) is 19.3 Å². The molecular formula is C20H21NO3S. The molecule has 130 valence electrons. The highest BCUT2D eigenvalue weighted by molar-refractivity contribution is 7.10. The third-order valence-electron chi connectivity index (χ3n) is 5.03. The first-order valence-corrected chi connectivity index (χ1v) is 9.58. The number of phenolic OH excluding ortho intramolecular Hbond substituents is 1. The standard InChI is InChI=1S/C20H21NO3S/c1-13-5-2-3-9-21(13)12-16-17(22)8-7-15-19(23)18(24-20(15)16)11-14-6-4-10-25-14/h4,6-8,10-11,13,22H,2-3,5,9,12H2,1H3/b18-11-/t13-/m1/s1. The normalized spacial score (nSPS) is 22.2. The Bertz CT molecular complexity index is 826. The van der Waals surface area contributed by atoms with Gasteiger partial charge in [0.1, 0.15) is 11.5 Å². The van der Waals surface area contributed by atoms with Crippen molar-refractivity contribution >= 4 is 23.2 Å². The van der Waals surface area contributed by atoms with Crippen LogP contribution in [0.2, 0.25) is 0 Å². The highest BCUT2D eigenvalue weighted by atomic mass is 32.1. The van der Waals surface area contributed by atoms with Gasteiger partial charge in [0.15, 0.2) is 5.76 Å². The summed E-state index contributed by atoms with van der Waals surface area (Å²) >= 11 is 1.56. The summed E-state index contributed by atoms with van der Waals surface area (Å²) in [6, 6.07) is 7.63. The average Bonchev–Trinajstić information content (AvgIpc) is 3.21. The molecule has 5 heteroatoms. The second-order valence-electron chi connectivity index (χ2n) is 6.71. The number of phenols is 1. The molecule has 1 aromatic heterocycles. The Balaban J connectivity index is 1.67. The van der Waals surface area contributed by atoms with Crippen molar-refractivity contribution in [1.29, 1.82) is 0 Å². The lowest BCUT2D eigenvalue weighted by molar-refractivity contribution is 0.101. The lowest BCUT2D eigenvalue weighted by Gasteiger charge is -2.33. The van der Waals surface area contributed by atoms with Gasteiger partial charge in [-0.1, -0.05) is 12.5 Å². The summed E-state index contributed by atoms with van der Waals surface area (Å²) in [4.78, 5) is 16.0. The number of nitrogens with zero attached hydrogens (tertiary/aromatic N) is 1. The van der Waals surface area contributed by atoms with E-state index in [-0.39, 0.29) is 11.5 Å². The van der Waals surface area contributed by atoms with Gasteiger partial charge in [0.05, 0.1) is 11.1 Å². The number of hydrogen-bond donors (Lipinski definition) is 1. The van der Waals surface area contributed by atoms with Gasteiger partial charge in [0, 0.05) is 23.5 Å². The van der Waals surface area contributed by atoms with Crippen molar-refractivity contribution in [3.05, 3.63) is 51.4 Å². The van der Waals surface area contributed by atoms with Gasteiger partial charge in [-0.15, -0.1) is 11.3 Å². The molecule has 0 radical (unpaired) electrons. The molecule has 2 aromatic rings. The number of carbonyl (C=O) groups is 1. The summed E-state index contributed by atoms with van der Waals surface area (Å²) in [7, 11) is 0. The van der Waals surface area contributed by atoms with Crippen LogP contribution < -0.4 is 4.74 Å². The maximum absolute atomic E-state index is 12.7. The van der Waals surface area contributed by atoms with Crippen LogP contribution in [-0.2, 0) is 6.54 Å². The molecule has 0 aliphatic carbocycles. The molecule has 1 N–H and O–H groups in total. The number of thiophene rings is 1. The van der Waals surface area contributed by atoms with Crippen molar-refractivity contribution in [3.8, 4) is 11.5 Å². The van der Waals surface area contributed by atoms with Crippen LogP contribution in [0.3, 0.4) is 0 Å². The summed E-state index contributed by atoms with van der Waals surface area (Å²) in [5, 5.41) is 12.4. The minimum Gasteiger partial charge on any atom is -0.507 e. The lowest BCUT2D eigenvalue weighted by Crippen LogP contribution is -2.36. The monoisotopic (exact) mass is 355 g/mol. The van der Waals surface area contributed by atoms with Crippen LogP contribution in [0.4, 0.5) is 0 Å². The molecule has 2 aliphatic rings. The zero-order chi connectivity index (χ0) is 17.4. The number of ketones is 1. The summed E-state index contributed by atoms with van der Waals surface area (Å²) < 4.78 is 5.91. The van der Waals surface area contributed by atoms with Crippen molar-refractivity contribution in [1.82, 2.24) is 4.90 Å². The van der Waals surface area contributed by atoms with Crippen molar-refractivity contribution < 1.29 is 14.6 Å². The fraction of sp³-hybridized carbons (Fsp3) is 0.350. The third kappa shape index (κ3) is 3.10. The maximum atomic E-state index is 12.7. The second-order valence-corrected chi connectivity index (χ2v) is 7.69. The van der Waals surface area contributed by atoms with Gasteiger partial charge >= 0.3 is 0 Å². The number of ether oxygens (including phenoxy) is 1. The number of piperidine rings is 1. The highest BCUT2D eigenvalue weighted by Crippen LogP contribution is 2.40. The number of allylic oxidation sites excluding steroid dienone is 1. The molecular weight excluding hydrogens is 334 g/mol. The Hall–Kier alpha value is -2.11. The first-order valence-electron chi connectivity index (χ1n) is 8.70. The Morgan fingerprint density at radius 1 is 1.36 bits per heavy atom. The van der Waals surface area contributed by atoms with Crippen LogP contribution in [0.25, 0.3) is 6.08 Å². The topological polar surface area (TPSA) is 49.8 Å². The van der Waals surface area contributed by atoms with E-state index >= 15 is 0 Å². The molecule has 0 spiro atoms. The van der Waals surface area contributed by atoms with Crippen molar-refractivity contribution in [2.75, 3.05) is 6.54 Å². The van der Waals surface area contributed by atoms with Gasteiger partial charge in [0.2, 0.25) is 5.78 Å². The number of aromatic hydroxyl groups is 1. The summed E-state index contributed by atoms with van der Waals surface area (Å²) in [6.45, 7) is 3.83. The van der Waals surface area contributed by atoms with Crippen molar-refractivity contribution in [3.63, 3.8) is 0 Å². The maximum Gasteiger partial charge on any atom is 0.232 e. The SMILES string of the molecule is C[C@@H]1CCCCN1Cc1c(O)ccc2c1O/C(=C\c1cccs1)C2=O. The molecule has 25 heavy (non-hydrogen) atoms. The van der Waals surface area contributed by atoms with Gasteiger partial charge in [0.25, 0.3) is 0 Å². The predicted octanol–water partition coefficient (Wildman–Crippen LogP) is 4.44. The first-order chi connectivity index (χ1) is 12.1. The number of benzene rings is 1. The molecule has 1 atom stereocenters. The van der Waals surface area contributed by atoms with E-state index in [1.807, 2.05) is 17.5 Å². The van der Waals surface area contributed by atoms with Gasteiger partial charge in [-0.3, -0.25) is 9.69 Å². The molecule has 0 amide bonds.